The third kappa shape index (κ3) is 2.83. The summed E-state index contributed by atoms with van der Waals surface area (Å²) >= 11 is 1.55. The number of hydrogen-bond acceptors (Lipinski definition) is 9. The molecule has 140 valence electrons. The highest BCUT2D eigenvalue weighted by atomic mass is 32.1. The minimum absolute atomic E-state index is 0.176. The van der Waals surface area contributed by atoms with Crippen molar-refractivity contribution in [2.75, 3.05) is 24.5 Å². The number of fused-ring (bicyclic) bond motifs is 3. The van der Waals surface area contributed by atoms with Gasteiger partial charge in [0.25, 0.3) is 0 Å². The Balaban J connectivity index is 1.51. The van der Waals surface area contributed by atoms with E-state index in [1.807, 2.05) is 27.3 Å². The molecule has 6 heterocycles. The lowest BCUT2D eigenvalue weighted by Gasteiger charge is -2.39. The van der Waals surface area contributed by atoms with Crippen LogP contribution in [0.25, 0.3) is 10.8 Å². The summed E-state index contributed by atoms with van der Waals surface area (Å²) in [6.45, 7) is 1.50. The van der Waals surface area contributed by atoms with Gasteiger partial charge in [0.15, 0.2) is 0 Å². The van der Waals surface area contributed by atoms with E-state index in [1.54, 1.807) is 17.5 Å². The van der Waals surface area contributed by atoms with Crippen molar-refractivity contribution >= 4 is 29.2 Å². The van der Waals surface area contributed by atoms with Gasteiger partial charge < -0.3 is 18.8 Å². The number of nitrogens with zero attached hydrogens (tertiary/aromatic N) is 3. The third-order valence-corrected chi connectivity index (χ3v) is 6.00. The van der Waals surface area contributed by atoms with Crippen molar-refractivity contribution in [1.82, 2.24) is 9.88 Å². The van der Waals surface area contributed by atoms with Crippen LogP contribution in [0.15, 0.2) is 40.3 Å². The Bertz CT molecular complexity index is 878. The van der Waals surface area contributed by atoms with Gasteiger partial charge in [-0.3, -0.25) is 0 Å². The van der Waals surface area contributed by atoms with Crippen molar-refractivity contribution in [3.63, 3.8) is 0 Å². The lowest BCUT2D eigenvalue weighted by Crippen LogP contribution is -2.58. The number of ether oxygens (including phenoxy) is 2. The Morgan fingerprint density at radius 2 is 1.89 bits per heavy atom. The first-order valence-electron chi connectivity index (χ1n) is 8.78. The molecule has 0 saturated carbocycles. The van der Waals surface area contributed by atoms with E-state index in [9.17, 15) is 9.59 Å². The first-order chi connectivity index (χ1) is 13.1. The molecule has 0 aliphatic carbocycles. The maximum atomic E-state index is 12.1. The summed E-state index contributed by atoms with van der Waals surface area (Å²) in [4.78, 5) is 33.4. The molecule has 2 bridgehead atoms. The normalized spacial score (nSPS) is 26.6. The SMILES string of the molecule is O=C1C=CC(=O)OC2(CN(c3cnc(-c4cccs4)o3)C3CCN2CC3)O1. The molecule has 3 fully saturated rings. The summed E-state index contributed by atoms with van der Waals surface area (Å²) < 4.78 is 17.2. The van der Waals surface area contributed by atoms with Crippen LogP contribution in [0.3, 0.4) is 0 Å². The summed E-state index contributed by atoms with van der Waals surface area (Å²) in [5.41, 5.74) is 0. The second kappa shape index (κ2) is 6.21. The van der Waals surface area contributed by atoms with Gasteiger partial charge in [-0.25, -0.2) is 19.5 Å². The number of oxazole rings is 1. The van der Waals surface area contributed by atoms with E-state index in [4.69, 9.17) is 13.9 Å². The van der Waals surface area contributed by atoms with E-state index in [0.29, 0.717) is 24.9 Å². The predicted octanol–water partition coefficient (Wildman–Crippen LogP) is 2.00. The molecule has 0 radical (unpaired) electrons. The van der Waals surface area contributed by atoms with Crippen molar-refractivity contribution in [3.8, 4) is 10.8 Å². The van der Waals surface area contributed by atoms with Crippen LogP contribution in [0.2, 0.25) is 0 Å². The zero-order valence-electron chi connectivity index (χ0n) is 14.4. The van der Waals surface area contributed by atoms with Gasteiger partial charge in [-0.15, -0.1) is 11.3 Å². The van der Waals surface area contributed by atoms with Crippen LogP contribution in [-0.2, 0) is 19.1 Å². The summed E-state index contributed by atoms with van der Waals surface area (Å²) in [5, 5.41) is 1.96. The van der Waals surface area contributed by atoms with Crippen LogP contribution in [0.1, 0.15) is 12.8 Å². The fourth-order valence-electron chi connectivity index (χ4n) is 3.87. The number of piperidine rings is 1. The lowest BCUT2D eigenvalue weighted by molar-refractivity contribution is -0.274. The molecule has 8 nitrogen and oxygen atoms in total. The molecule has 6 rings (SSSR count). The standard InChI is InChI=1S/C18H17N3O5S/c22-15-3-4-16(23)26-18(25-15)11-21(12-5-7-20(18)8-6-12)14-10-19-17(24-14)13-2-1-9-27-13/h1-4,9-10,12H,5-8,11H2. The van der Waals surface area contributed by atoms with Crippen LogP contribution in [-0.4, -0.2) is 53.4 Å². The first kappa shape index (κ1) is 16.5. The van der Waals surface area contributed by atoms with E-state index < -0.39 is 17.8 Å². The van der Waals surface area contributed by atoms with Gasteiger partial charge >= 0.3 is 17.8 Å². The Kier molecular flexibility index (Phi) is 3.80. The van der Waals surface area contributed by atoms with E-state index in [0.717, 1.165) is 29.9 Å². The van der Waals surface area contributed by atoms with Crippen LogP contribution >= 0.6 is 11.3 Å². The quantitative estimate of drug-likeness (QED) is 0.724. The maximum absolute atomic E-state index is 12.1. The number of thiophene rings is 1. The number of hydrogen-bond donors (Lipinski definition) is 0. The van der Waals surface area contributed by atoms with E-state index in [1.165, 1.54) is 0 Å². The molecule has 0 atom stereocenters. The lowest BCUT2D eigenvalue weighted by atomic mass is 10.1. The number of carbonyl (C=O) groups is 2. The van der Waals surface area contributed by atoms with Crippen molar-refractivity contribution in [1.29, 1.82) is 0 Å². The molecule has 3 saturated heterocycles. The number of anilines is 1. The summed E-state index contributed by atoms with van der Waals surface area (Å²) in [7, 11) is 0. The van der Waals surface area contributed by atoms with Crippen molar-refractivity contribution in [2.45, 2.75) is 24.8 Å². The molecule has 0 N–H and O–H groups in total. The van der Waals surface area contributed by atoms with Gasteiger partial charge in [0.05, 0.1) is 11.1 Å². The topological polar surface area (TPSA) is 85.1 Å². The van der Waals surface area contributed by atoms with Gasteiger partial charge in [0, 0.05) is 31.3 Å². The number of aromatic nitrogens is 1. The largest absolute Gasteiger partial charge is 0.420 e. The third-order valence-electron chi connectivity index (χ3n) is 5.14. The smallest absolute Gasteiger partial charge is 0.339 e. The average molecular weight is 387 g/mol. The van der Waals surface area contributed by atoms with E-state index in [2.05, 4.69) is 4.98 Å². The molecule has 0 unspecified atom stereocenters. The molecule has 2 aromatic rings. The number of esters is 2. The molecule has 0 aromatic carbocycles. The van der Waals surface area contributed by atoms with Crippen molar-refractivity contribution in [3.05, 3.63) is 35.9 Å². The van der Waals surface area contributed by atoms with Gasteiger partial charge in [-0.1, -0.05) is 6.07 Å². The van der Waals surface area contributed by atoms with Gasteiger partial charge in [-0.05, 0) is 24.3 Å². The molecular formula is C18H17N3O5S. The molecule has 4 aliphatic heterocycles. The predicted molar refractivity (Wildman–Crippen MR) is 95.8 cm³/mol. The zero-order chi connectivity index (χ0) is 18.4. The highest BCUT2D eigenvalue weighted by Gasteiger charge is 2.53. The van der Waals surface area contributed by atoms with Crippen LogP contribution in [0.5, 0.6) is 0 Å². The summed E-state index contributed by atoms with van der Waals surface area (Å²) in [6.07, 6.45) is 5.57. The Labute approximate surface area is 159 Å². The monoisotopic (exact) mass is 387 g/mol. The van der Waals surface area contributed by atoms with Crippen LogP contribution < -0.4 is 4.90 Å². The number of carbonyl (C=O) groups excluding carboxylic acids is 2. The highest BCUT2D eigenvalue weighted by Crippen LogP contribution is 2.38. The van der Waals surface area contributed by atoms with E-state index >= 15 is 0 Å². The zero-order valence-corrected chi connectivity index (χ0v) is 15.2. The second-order valence-electron chi connectivity index (χ2n) is 6.72. The van der Waals surface area contributed by atoms with Crippen LogP contribution in [0.4, 0.5) is 5.88 Å². The average Bonchev–Trinajstić information content (AvgIpc) is 3.29. The second-order valence-corrected chi connectivity index (χ2v) is 7.66. The molecule has 27 heavy (non-hydrogen) atoms. The van der Waals surface area contributed by atoms with Gasteiger partial charge in [0.1, 0.15) is 6.54 Å². The summed E-state index contributed by atoms with van der Waals surface area (Å²) in [6, 6.07) is 4.08. The summed E-state index contributed by atoms with van der Waals surface area (Å²) in [5.74, 6) is -1.52. The molecule has 2 aromatic heterocycles. The van der Waals surface area contributed by atoms with Crippen LogP contribution in [0, 0.1) is 0 Å². The highest BCUT2D eigenvalue weighted by molar-refractivity contribution is 7.13. The van der Waals surface area contributed by atoms with Crippen molar-refractivity contribution < 1.29 is 23.5 Å². The minimum atomic E-state index is -1.46. The van der Waals surface area contributed by atoms with Gasteiger partial charge in [-0.2, -0.15) is 0 Å². The molecule has 1 spiro atoms. The molecule has 4 aliphatic rings. The fourth-order valence-corrected chi connectivity index (χ4v) is 4.52. The molecular weight excluding hydrogens is 370 g/mol. The minimum Gasteiger partial charge on any atom is -0.420 e. The van der Waals surface area contributed by atoms with E-state index in [-0.39, 0.29) is 12.6 Å². The Hall–Kier alpha value is -2.65. The number of rotatable bonds is 2. The molecule has 9 heteroatoms. The maximum Gasteiger partial charge on any atom is 0.339 e. The van der Waals surface area contributed by atoms with Crippen molar-refractivity contribution in [2.24, 2.45) is 0 Å². The molecule has 0 amide bonds. The fraction of sp³-hybridized carbons (Fsp3) is 0.389. The first-order valence-corrected chi connectivity index (χ1v) is 9.66. The Morgan fingerprint density at radius 1 is 1.15 bits per heavy atom. The van der Waals surface area contributed by atoms with Gasteiger partial charge in [0.2, 0.25) is 11.8 Å². The Morgan fingerprint density at radius 3 is 2.56 bits per heavy atom.